The maximum absolute atomic E-state index is 13.6. The first-order valence-electron chi connectivity index (χ1n) is 14.0. The van der Waals surface area contributed by atoms with Gasteiger partial charge in [-0.1, -0.05) is 30.3 Å². The Balaban J connectivity index is 1.52. The van der Waals surface area contributed by atoms with Crippen molar-refractivity contribution in [2.75, 3.05) is 35.0 Å². The Hall–Kier alpha value is -3.09. The van der Waals surface area contributed by atoms with Gasteiger partial charge in [0.1, 0.15) is 0 Å². The third-order valence-electron chi connectivity index (χ3n) is 6.99. The van der Waals surface area contributed by atoms with Crippen molar-refractivity contribution in [1.29, 1.82) is 0 Å². The van der Waals surface area contributed by atoms with Crippen LogP contribution in [0.3, 0.4) is 0 Å². The number of amides is 1. The summed E-state index contributed by atoms with van der Waals surface area (Å²) in [5, 5.41) is 25.2. The van der Waals surface area contributed by atoms with Crippen LogP contribution in [-0.4, -0.2) is 67.4 Å². The quantitative estimate of drug-likeness (QED) is 0.181. The molecule has 1 aliphatic rings. The van der Waals surface area contributed by atoms with Crippen molar-refractivity contribution in [3.05, 3.63) is 77.6 Å². The van der Waals surface area contributed by atoms with Gasteiger partial charge in [0.25, 0.3) is 5.91 Å². The summed E-state index contributed by atoms with van der Waals surface area (Å²) in [6.07, 6.45) is 3.12. The molecule has 1 amide bonds. The molecule has 2 atom stereocenters. The molecule has 2 aromatic carbocycles. The monoisotopic (exact) mass is 570 g/mol. The average molecular weight is 571 g/mol. The summed E-state index contributed by atoms with van der Waals surface area (Å²) >= 11 is 0. The minimum atomic E-state index is -2.94. The Morgan fingerprint density at radius 3 is 2.60 bits per heavy atom. The van der Waals surface area contributed by atoms with E-state index in [-0.39, 0.29) is 12.5 Å². The van der Waals surface area contributed by atoms with E-state index in [0.717, 1.165) is 36.3 Å². The highest BCUT2D eigenvalue weighted by atomic mass is 32.3. The fourth-order valence-corrected chi connectivity index (χ4v) is 6.54. The van der Waals surface area contributed by atoms with Crippen LogP contribution in [0, 0.1) is 0 Å². The molecule has 10 nitrogen and oxygen atoms in total. The smallest absolute Gasteiger partial charge is 0.251 e. The van der Waals surface area contributed by atoms with E-state index < -0.39 is 22.9 Å². The highest BCUT2D eigenvalue weighted by molar-refractivity contribution is 8.25. The largest absolute Gasteiger partial charge is 0.390 e. The fraction of sp³-hybridized carbons (Fsp3) is 0.448. The maximum atomic E-state index is 13.6. The van der Waals surface area contributed by atoms with E-state index in [1.165, 1.54) is 0 Å². The van der Waals surface area contributed by atoms with E-state index in [0.29, 0.717) is 43.1 Å². The second-order valence-electron chi connectivity index (χ2n) is 10.1. The minimum Gasteiger partial charge on any atom is -0.390 e. The van der Waals surface area contributed by atoms with Gasteiger partial charge in [-0.2, -0.15) is 5.10 Å². The average Bonchev–Trinajstić information content (AvgIpc) is 3.41. The van der Waals surface area contributed by atoms with Gasteiger partial charge in [-0.05, 0) is 62.9 Å². The maximum Gasteiger partial charge on any atom is 0.251 e. The number of nitrogens with zero attached hydrogens (tertiary/aromatic N) is 3. The van der Waals surface area contributed by atoms with E-state index in [1.54, 1.807) is 16.4 Å². The van der Waals surface area contributed by atoms with Crippen LogP contribution in [0.25, 0.3) is 0 Å². The normalized spacial score (nSPS) is 17.2. The lowest BCUT2D eigenvalue weighted by Gasteiger charge is -2.47. The predicted molar refractivity (Wildman–Crippen MR) is 162 cm³/mol. The van der Waals surface area contributed by atoms with Crippen LogP contribution in [0.4, 0.5) is 11.4 Å². The molecule has 40 heavy (non-hydrogen) atoms. The molecule has 0 saturated carbocycles. The number of carbonyl (C=O) groups excluding carboxylic acids is 1. The molecule has 6 N–H and O–H groups in total. The van der Waals surface area contributed by atoms with Crippen LogP contribution >= 0.6 is 10.8 Å². The number of aryl methyl sites for hydroxylation is 1. The van der Waals surface area contributed by atoms with Crippen molar-refractivity contribution in [3.8, 4) is 0 Å². The Morgan fingerprint density at radius 1 is 1.10 bits per heavy atom. The summed E-state index contributed by atoms with van der Waals surface area (Å²) in [4.78, 5) is 13.6. The van der Waals surface area contributed by atoms with Gasteiger partial charge in [0.15, 0.2) is 0 Å². The van der Waals surface area contributed by atoms with Gasteiger partial charge in [-0.15, -0.1) is 10.8 Å². The molecule has 1 fully saturated rings. The molecule has 218 valence electrons. The lowest BCUT2D eigenvalue weighted by atomic mass is 10.00. The third kappa shape index (κ3) is 7.98. The Morgan fingerprint density at radius 2 is 1.90 bits per heavy atom. The van der Waals surface area contributed by atoms with Crippen LogP contribution in [0.15, 0.2) is 60.8 Å². The third-order valence-corrected chi connectivity index (χ3v) is 8.93. The number of rotatable bonds is 13. The van der Waals surface area contributed by atoms with Crippen molar-refractivity contribution < 1.29 is 19.0 Å². The number of aromatic nitrogens is 2. The van der Waals surface area contributed by atoms with Gasteiger partial charge < -0.3 is 21.1 Å². The summed E-state index contributed by atoms with van der Waals surface area (Å²) < 4.78 is 24.9. The lowest BCUT2D eigenvalue weighted by Crippen LogP contribution is -2.48. The van der Waals surface area contributed by atoms with Gasteiger partial charge in [0.2, 0.25) is 0 Å². The number of carbonyl (C=O) groups is 1. The topological polar surface area (TPSA) is 135 Å². The van der Waals surface area contributed by atoms with Crippen LogP contribution in [0.1, 0.15) is 48.3 Å². The first kappa shape index (κ1) is 29.9. The van der Waals surface area contributed by atoms with Gasteiger partial charge in [0.05, 0.1) is 29.3 Å². The van der Waals surface area contributed by atoms with Crippen molar-refractivity contribution >= 4 is 28.1 Å². The lowest BCUT2D eigenvalue weighted by molar-refractivity contribution is 0.0829. The van der Waals surface area contributed by atoms with Crippen molar-refractivity contribution in [3.63, 3.8) is 0 Å². The van der Waals surface area contributed by atoms with Crippen molar-refractivity contribution in [2.45, 2.75) is 58.3 Å². The molecule has 3 aromatic rings. The van der Waals surface area contributed by atoms with E-state index in [4.69, 9.17) is 0 Å². The molecule has 2 heterocycles. The highest BCUT2D eigenvalue weighted by Crippen LogP contribution is 2.50. The molecule has 11 heteroatoms. The van der Waals surface area contributed by atoms with Crippen LogP contribution in [-0.2, 0) is 19.5 Å². The number of aliphatic hydroxyl groups excluding tert-OH is 1. The van der Waals surface area contributed by atoms with Crippen molar-refractivity contribution in [1.82, 2.24) is 20.4 Å². The molecule has 0 aliphatic carbocycles. The van der Waals surface area contributed by atoms with E-state index in [2.05, 4.69) is 21.0 Å². The number of aliphatic hydroxyl groups is 1. The summed E-state index contributed by atoms with van der Waals surface area (Å²) in [7, 11) is -2.94. The number of anilines is 2. The molecule has 1 saturated heterocycles. The Kier molecular flexibility index (Phi) is 10.5. The van der Waals surface area contributed by atoms with Gasteiger partial charge in [-0.3, -0.25) is 22.9 Å². The first-order valence-corrected chi connectivity index (χ1v) is 15.6. The predicted octanol–water partition coefficient (Wildman–Crippen LogP) is 4.09. The zero-order valence-electron chi connectivity index (χ0n) is 23.3. The molecular formula is C29H42N6O4S. The van der Waals surface area contributed by atoms with Crippen molar-refractivity contribution in [2.24, 2.45) is 0 Å². The second-order valence-corrected chi connectivity index (χ2v) is 12.2. The molecule has 0 unspecified atom stereocenters. The fourth-order valence-electron chi connectivity index (χ4n) is 4.87. The highest BCUT2D eigenvalue weighted by Gasteiger charge is 2.28. The second kappa shape index (κ2) is 14.0. The minimum absolute atomic E-state index is 0.272. The summed E-state index contributed by atoms with van der Waals surface area (Å²) in [5.74, 6) is -0.0204. The molecule has 1 aliphatic heterocycles. The molecule has 1 aromatic heterocycles. The zero-order chi connectivity index (χ0) is 28.5. The number of nitrogens with one attached hydrogen (secondary N) is 3. The van der Waals surface area contributed by atoms with Crippen LogP contribution in [0.5, 0.6) is 0 Å². The van der Waals surface area contributed by atoms with Gasteiger partial charge >= 0.3 is 0 Å². The molecule has 0 radical (unpaired) electrons. The number of benzene rings is 2. The Labute approximate surface area is 238 Å². The summed E-state index contributed by atoms with van der Waals surface area (Å²) in [6, 6.07) is 16.4. The number of hydrogen-bond donors (Lipinski definition) is 6. The standard InChI is InChI=1S/C29H42N6O4S/c1-3-31-25-17-23(18-26(19-25)35-13-8-9-15-40(35,38)39)29(37)32-27(16-22-10-6-5-7-11-22)28(36)21-30-20-24-12-14-34(4-2)33-24/h5-7,10-12,14,17-19,27-28,30-31,36,38-39H,3-4,8-9,13,15-16,20-21H2,1-2H3,(H,32,37)/t27-,28+/m0/s1. The molecule has 0 bridgehead atoms. The van der Waals surface area contributed by atoms with E-state index in [9.17, 15) is 19.0 Å². The molecular weight excluding hydrogens is 528 g/mol. The molecule has 4 rings (SSSR count). The van der Waals surface area contributed by atoms with Crippen LogP contribution in [0.2, 0.25) is 0 Å². The summed E-state index contributed by atoms with van der Waals surface area (Å²) in [5.41, 5.74) is 3.58. The van der Waals surface area contributed by atoms with Crippen LogP contribution < -0.4 is 20.3 Å². The summed E-state index contributed by atoms with van der Waals surface area (Å²) in [6.45, 7) is 6.73. The van der Waals surface area contributed by atoms with Gasteiger partial charge in [-0.25, -0.2) is 0 Å². The Bertz CT molecular complexity index is 1240. The molecule has 0 spiro atoms. The SMILES string of the molecule is CCNc1cc(C(=O)N[C@@H](Cc2ccccc2)[C@H](O)CNCc2ccn(CC)n2)cc(N2CCCCS2(O)O)c1. The van der Waals surface area contributed by atoms with E-state index in [1.807, 2.05) is 67.2 Å². The zero-order valence-corrected chi connectivity index (χ0v) is 24.1. The first-order chi connectivity index (χ1) is 19.3. The number of hydrogen-bond acceptors (Lipinski definition) is 8. The van der Waals surface area contributed by atoms with E-state index >= 15 is 0 Å². The van der Waals surface area contributed by atoms with Gasteiger partial charge in [0, 0.05) is 50.2 Å².